The van der Waals surface area contributed by atoms with Gasteiger partial charge in [0.2, 0.25) is 0 Å². The van der Waals surface area contributed by atoms with Crippen LogP contribution in [0.4, 0.5) is 0 Å². The van der Waals surface area contributed by atoms with Gasteiger partial charge in [-0.05, 0) is 87.5 Å². The highest BCUT2D eigenvalue weighted by Gasteiger charge is 2.04. The molecule has 0 saturated heterocycles. The zero-order valence-corrected chi connectivity index (χ0v) is 21.3. The quantitative estimate of drug-likeness (QED) is 0.0373. The predicted molar refractivity (Wildman–Crippen MR) is 64.2 cm³/mol. The summed E-state index contributed by atoms with van der Waals surface area (Å²) in [4.78, 5) is 4.17. The van der Waals surface area contributed by atoms with Gasteiger partial charge in [-0.2, -0.15) is 0 Å². The SMILES string of the molecule is CCOOOOOOOOOOOOOOOOOOOOOOOOOOOOOOOOOOOOOOOOOOOOOOOO. The number of hydrogen-bond acceptors (Lipinski definition) is 48. The van der Waals surface area contributed by atoms with Gasteiger partial charge in [-0.25, -0.2) is 10.1 Å². The molecule has 50 heavy (non-hydrogen) atoms. The molecule has 0 atom stereocenters. The molecule has 0 rings (SSSR count). The zero-order valence-electron chi connectivity index (χ0n) is 21.3. The largest absolute Gasteiger partial charge is 0.219 e. The topological polar surface area (TPSA) is 454 Å². The van der Waals surface area contributed by atoms with E-state index in [1.54, 1.807) is 6.92 Å². The molecule has 0 aromatic heterocycles. The molecule has 302 valence electrons. The Morgan fingerprint density at radius 2 is 0.320 bits per heavy atom. The first-order valence-electron chi connectivity index (χ1n) is 8.85. The lowest BCUT2D eigenvalue weighted by molar-refractivity contribution is -0.910. The van der Waals surface area contributed by atoms with Crippen LogP contribution in [0, 0.1) is 0 Å². The van der Waals surface area contributed by atoms with Crippen molar-refractivity contribution in [2.24, 2.45) is 0 Å². The van der Waals surface area contributed by atoms with Crippen molar-refractivity contribution < 1.29 is 242 Å². The Balaban J connectivity index is 3.04. The molecule has 0 bridgehead atoms. The van der Waals surface area contributed by atoms with E-state index in [1.807, 2.05) is 0 Å². The second kappa shape index (κ2) is 47.1. The summed E-state index contributed by atoms with van der Waals surface area (Å²) in [6, 6.07) is 0. The van der Waals surface area contributed by atoms with Gasteiger partial charge >= 0.3 is 0 Å². The number of hydrogen-bond donors (Lipinski definition) is 1. The van der Waals surface area contributed by atoms with Gasteiger partial charge in [0.1, 0.15) is 0 Å². The van der Waals surface area contributed by atoms with E-state index in [2.05, 4.69) is 237 Å². The molecule has 48 nitrogen and oxygen atoms in total. The first kappa shape index (κ1) is 48.1. The summed E-state index contributed by atoms with van der Waals surface area (Å²) in [6.45, 7) is 1.69. The third kappa shape index (κ3) is 46.1. The Morgan fingerprint density at radius 3 is 0.440 bits per heavy atom. The van der Waals surface area contributed by atoms with E-state index in [-0.39, 0.29) is 6.61 Å². The van der Waals surface area contributed by atoms with Crippen molar-refractivity contribution in [3.8, 4) is 0 Å². The third-order valence-corrected chi connectivity index (χ3v) is 1.42. The lowest BCUT2D eigenvalue weighted by atomic mass is 10.9. The van der Waals surface area contributed by atoms with Gasteiger partial charge in [0.15, 0.2) is 0 Å². The second-order valence-corrected chi connectivity index (χ2v) is 3.54. The monoisotopic (exact) mass is 798 g/mol. The van der Waals surface area contributed by atoms with Gasteiger partial charge in [-0.15, -0.1) is 0 Å². The molecular formula is C2H6O48. The molecule has 0 aliphatic heterocycles. The van der Waals surface area contributed by atoms with Crippen LogP contribution in [0.15, 0.2) is 0 Å². The molecule has 0 aliphatic carbocycles. The molecule has 0 unspecified atom stereocenters. The highest BCUT2D eigenvalue weighted by Crippen LogP contribution is 1.97. The third-order valence-electron chi connectivity index (χ3n) is 1.42. The summed E-state index contributed by atoms with van der Waals surface area (Å²) in [6.07, 6.45) is 0. The fourth-order valence-corrected chi connectivity index (χ4v) is 0.568. The molecule has 0 radical (unpaired) electrons. The van der Waals surface area contributed by atoms with E-state index >= 15 is 0 Å². The van der Waals surface area contributed by atoms with Crippen molar-refractivity contribution >= 4 is 0 Å². The van der Waals surface area contributed by atoms with Crippen molar-refractivity contribution in [2.45, 2.75) is 6.92 Å². The zero-order chi connectivity index (χ0) is 35.9. The van der Waals surface area contributed by atoms with Gasteiger partial charge in [0, 0.05) is 151 Å². The van der Waals surface area contributed by atoms with Crippen molar-refractivity contribution in [2.75, 3.05) is 6.61 Å². The highest BCUT2D eigenvalue weighted by molar-refractivity contribution is 3.89. The van der Waals surface area contributed by atoms with Crippen LogP contribution in [0.1, 0.15) is 6.92 Å². The van der Waals surface area contributed by atoms with Gasteiger partial charge < -0.3 is 0 Å². The van der Waals surface area contributed by atoms with E-state index in [4.69, 9.17) is 5.26 Å². The van der Waals surface area contributed by atoms with Gasteiger partial charge in [0.25, 0.3) is 0 Å². The van der Waals surface area contributed by atoms with Gasteiger partial charge in [-0.3, -0.25) is 0 Å². The average Bonchev–Trinajstić information content (AvgIpc) is 3.13. The van der Waals surface area contributed by atoms with Crippen LogP contribution in [0.5, 0.6) is 0 Å². The molecule has 0 aromatic rings. The Morgan fingerprint density at radius 1 is 0.200 bits per heavy atom. The maximum Gasteiger partial charge on any atom is 0.0826 e. The molecule has 0 amide bonds. The van der Waals surface area contributed by atoms with Crippen LogP contribution in [-0.2, 0) is 237 Å². The normalized spacial score (nSPS) is 11.6. The van der Waals surface area contributed by atoms with Crippen molar-refractivity contribution in [1.82, 2.24) is 0 Å². The fourth-order valence-electron chi connectivity index (χ4n) is 0.568. The second-order valence-electron chi connectivity index (χ2n) is 3.54. The Kier molecular flexibility index (Phi) is 45.3. The molecule has 48 heteroatoms. The van der Waals surface area contributed by atoms with Crippen LogP contribution in [0.2, 0.25) is 0 Å². The Bertz CT molecular complexity index is 500. The van der Waals surface area contributed by atoms with Crippen molar-refractivity contribution in [3.63, 3.8) is 0 Å². The maximum atomic E-state index is 7.56. The van der Waals surface area contributed by atoms with Gasteiger partial charge in [-0.1, -0.05) is 0 Å². The Hall–Kier alpha value is -1.92. The van der Waals surface area contributed by atoms with E-state index in [0.29, 0.717) is 0 Å². The van der Waals surface area contributed by atoms with Crippen LogP contribution >= 0.6 is 0 Å². The molecule has 0 aliphatic rings. The van der Waals surface area contributed by atoms with Gasteiger partial charge in [0.05, 0.1) is 6.61 Å². The molecule has 0 saturated carbocycles. The first-order valence-corrected chi connectivity index (χ1v) is 8.85. The molecule has 1 N–H and O–H groups in total. The molecule has 0 fully saturated rings. The van der Waals surface area contributed by atoms with E-state index in [0.717, 1.165) is 0 Å². The smallest absolute Gasteiger partial charge is 0.0826 e. The molecule has 0 heterocycles. The van der Waals surface area contributed by atoms with E-state index in [1.165, 1.54) is 0 Å². The Labute approximate surface area is 257 Å². The highest BCUT2D eigenvalue weighted by atomic mass is 18.0. The summed E-state index contributed by atoms with van der Waals surface area (Å²) in [5.74, 6) is 0. The maximum absolute atomic E-state index is 7.56. The van der Waals surface area contributed by atoms with Crippen LogP contribution in [0.3, 0.4) is 0 Å². The van der Waals surface area contributed by atoms with Crippen LogP contribution < -0.4 is 0 Å². The minimum Gasteiger partial charge on any atom is -0.219 e. The summed E-state index contributed by atoms with van der Waals surface area (Å²) in [5, 5.41) is 168. The van der Waals surface area contributed by atoms with Crippen molar-refractivity contribution in [3.05, 3.63) is 0 Å². The fraction of sp³-hybridized carbons (Fsp3) is 1.00. The molecular weight excluding hydrogens is 792 g/mol. The predicted octanol–water partition coefficient (Wildman–Crippen LogP) is -2.65. The van der Waals surface area contributed by atoms with Crippen LogP contribution in [-0.4, -0.2) is 11.9 Å². The van der Waals surface area contributed by atoms with Crippen molar-refractivity contribution in [1.29, 1.82) is 0 Å². The molecule has 0 spiro atoms. The lowest BCUT2D eigenvalue weighted by Gasteiger charge is -2.00. The minimum absolute atomic E-state index is 0.124. The van der Waals surface area contributed by atoms with E-state index in [9.17, 15) is 0 Å². The molecule has 0 aromatic carbocycles. The summed E-state index contributed by atoms with van der Waals surface area (Å²) in [5.41, 5.74) is 0. The average molecular weight is 798 g/mol. The number of rotatable bonds is 47. The first-order chi connectivity index (χ1) is 24.9. The summed E-state index contributed by atoms with van der Waals surface area (Å²) < 4.78 is 0. The summed E-state index contributed by atoms with van der Waals surface area (Å²) in [7, 11) is 0. The van der Waals surface area contributed by atoms with E-state index < -0.39 is 0 Å². The standard InChI is InChI=1S/C2H6O48/c1-2-4-6-8-10-12-14-16-18-20-22-24-26-28-30-32-34-36-38-40-42-44-46-48-50-49-47-45-43-41-39-37-35-33-31-29-27-25-23-21-19-17-15-13-11-9-7-5-3/h3H,2H2,1H3. The minimum atomic E-state index is 0.124. The lowest BCUT2D eigenvalue weighted by Crippen LogP contribution is -2.06. The van der Waals surface area contributed by atoms with Crippen LogP contribution in [0.25, 0.3) is 0 Å². The summed E-state index contributed by atoms with van der Waals surface area (Å²) >= 11 is 0.